The maximum Gasteiger partial charge on any atom is 0.135 e. The Balaban J connectivity index is 3.06. The van der Waals surface area contributed by atoms with Gasteiger partial charge in [-0.15, -0.1) is 16.6 Å². The van der Waals surface area contributed by atoms with Crippen LogP contribution in [-0.4, -0.2) is 10.2 Å². The van der Waals surface area contributed by atoms with E-state index in [0.717, 1.165) is 0 Å². The first-order valence-electron chi connectivity index (χ1n) is 2.29. The molecule has 0 saturated carbocycles. The Labute approximate surface area is 61.4 Å². The van der Waals surface area contributed by atoms with Crippen molar-refractivity contribution in [2.45, 2.75) is 0 Å². The van der Waals surface area contributed by atoms with Gasteiger partial charge in [0.05, 0.1) is 0 Å². The van der Waals surface area contributed by atoms with Crippen molar-refractivity contribution in [3.8, 4) is 12.3 Å². The summed E-state index contributed by atoms with van der Waals surface area (Å²) in [6, 6.07) is 3.47. The minimum atomic E-state index is 0.554. The van der Waals surface area contributed by atoms with Gasteiger partial charge in [0, 0.05) is 0 Å². The number of rotatable bonds is 0. The number of hydrogen-bond donors (Lipinski definition) is 0. The fourth-order valence-electron chi connectivity index (χ4n) is 0.393. The van der Waals surface area contributed by atoms with Gasteiger partial charge in [-0.3, -0.25) is 0 Å². The highest BCUT2D eigenvalue weighted by atomic mass is 79.9. The van der Waals surface area contributed by atoms with Crippen LogP contribution >= 0.6 is 15.9 Å². The van der Waals surface area contributed by atoms with Gasteiger partial charge in [-0.1, -0.05) is 0 Å². The van der Waals surface area contributed by atoms with Crippen LogP contribution in [0.2, 0.25) is 0 Å². The van der Waals surface area contributed by atoms with E-state index in [-0.39, 0.29) is 0 Å². The summed E-state index contributed by atoms with van der Waals surface area (Å²) in [7, 11) is 0. The first kappa shape index (κ1) is 6.24. The molecule has 0 aliphatic carbocycles. The summed E-state index contributed by atoms with van der Waals surface area (Å²) >= 11 is 3.13. The van der Waals surface area contributed by atoms with Gasteiger partial charge in [-0.05, 0) is 34.0 Å². The van der Waals surface area contributed by atoms with E-state index < -0.39 is 0 Å². The number of halogens is 1. The van der Waals surface area contributed by atoms with E-state index in [2.05, 4.69) is 32.0 Å². The van der Waals surface area contributed by atoms with Crippen molar-refractivity contribution in [1.82, 2.24) is 10.2 Å². The van der Waals surface area contributed by atoms with Gasteiger partial charge in [-0.2, -0.15) is 0 Å². The average molecular weight is 183 g/mol. The number of hydrogen-bond acceptors (Lipinski definition) is 2. The lowest BCUT2D eigenvalue weighted by Crippen LogP contribution is -1.84. The Morgan fingerprint density at radius 1 is 1.44 bits per heavy atom. The van der Waals surface area contributed by atoms with E-state index >= 15 is 0 Å². The SMILES string of the molecule is C#Cc1ccc(Br)nn1. The third-order valence-electron chi connectivity index (χ3n) is 0.780. The lowest BCUT2D eigenvalue weighted by molar-refractivity contribution is 0.990. The number of aromatic nitrogens is 2. The van der Waals surface area contributed by atoms with Crippen molar-refractivity contribution in [3.63, 3.8) is 0 Å². The average Bonchev–Trinajstić information content (AvgIpc) is 1.90. The molecule has 1 aromatic heterocycles. The summed E-state index contributed by atoms with van der Waals surface area (Å²) in [6.45, 7) is 0. The van der Waals surface area contributed by atoms with Crippen LogP contribution in [0.4, 0.5) is 0 Å². The Kier molecular flexibility index (Phi) is 1.81. The number of nitrogens with zero attached hydrogens (tertiary/aromatic N) is 2. The lowest BCUT2D eigenvalue weighted by atomic mass is 10.4. The van der Waals surface area contributed by atoms with Crippen LogP contribution in [0.1, 0.15) is 5.69 Å². The molecular weight excluding hydrogens is 180 g/mol. The van der Waals surface area contributed by atoms with E-state index in [1.165, 1.54) is 0 Å². The zero-order valence-corrected chi connectivity index (χ0v) is 6.09. The van der Waals surface area contributed by atoms with Gasteiger partial charge in [-0.25, -0.2) is 0 Å². The van der Waals surface area contributed by atoms with Gasteiger partial charge in [0.2, 0.25) is 0 Å². The molecule has 0 aliphatic rings. The zero-order valence-electron chi connectivity index (χ0n) is 4.50. The molecule has 3 heteroatoms. The molecule has 0 N–H and O–H groups in total. The fraction of sp³-hybridized carbons (Fsp3) is 0. The third kappa shape index (κ3) is 1.51. The summed E-state index contributed by atoms with van der Waals surface area (Å²) < 4.78 is 0.696. The molecule has 2 nitrogen and oxygen atoms in total. The first-order valence-corrected chi connectivity index (χ1v) is 3.08. The van der Waals surface area contributed by atoms with E-state index in [0.29, 0.717) is 10.3 Å². The summed E-state index contributed by atoms with van der Waals surface area (Å²) in [5.41, 5.74) is 0.554. The highest BCUT2D eigenvalue weighted by Gasteiger charge is 1.87. The van der Waals surface area contributed by atoms with E-state index in [9.17, 15) is 0 Å². The predicted molar refractivity (Wildman–Crippen MR) is 37.7 cm³/mol. The molecule has 44 valence electrons. The quantitative estimate of drug-likeness (QED) is 0.565. The molecule has 1 rings (SSSR count). The van der Waals surface area contributed by atoms with Gasteiger partial charge >= 0.3 is 0 Å². The second kappa shape index (κ2) is 2.60. The van der Waals surface area contributed by atoms with Crippen LogP contribution in [0.25, 0.3) is 0 Å². The van der Waals surface area contributed by atoms with Crippen molar-refractivity contribution in [3.05, 3.63) is 22.4 Å². The first-order chi connectivity index (χ1) is 4.33. The van der Waals surface area contributed by atoms with Crippen LogP contribution in [0.15, 0.2) is 16.7 Å². The molecule has 0 bridgehead atoms. The Hall–Kier alpha value is -0.880. The minimum absolute atomic E-state index is 0.554. The monoisotopic (exact) mass is 182 g/mol. The fourth-order valence-corrected chi connectivity index (χ4v) is 0.604. The number of terminal acetylenes is 1. The predicted octanol–water partition coefficient (Wildman–Crippen LogP) is 1.22. The highest BCUT2D eigenvalue weighted by molar-refractivity contribution is 9.10. The zero-order chi connectivity index (χ0) is 6.69. The normalized spacial score (nSPS) is 8.44. The van der Waals surface area contributed by atoms with E-state index in [1.807, 2.05) is 0 Å². The molecule has 9 heavy (non-hydrogen) atoms. The summed E-state index contributed by atoms with van der Waals surface area (Å²) in [6.07, 6.45) is 5.03. The largest absolute Gasteiger partial charge is 0.142 e. The molecule has 0 radical (unpaired) electrons. The van der Waals surface area contributed by atoms with E-state index in [4.69, 9.17) is 6.42 Å². The molecule has 0 spiro atoms. The van der Waals surface area contributed by atoms with Crippen LogP contribution in [0.3, 0.4) is 0 Å². The second-order valence-corrected chi connectivity index (χ2v) is 2.20. The van der Waals surface area contributed by atoms with Crippen LogP contribution in [0.5, 0.6) is 0 Å². The molecule has 0 unspecified atom stereocenters. The van der Waals surface area contributed by atoms with Crippen molar-refractivity contribution < 1.29 is 0 Å². The molecule has 0 saturated heterocycles. The Bertz CT molecular complexity index is 234. The summed E-state index contributed by atoms with van der Waals surface area (Å²) in [5.74, 6) is 2.36. The lowest BCUT2D eigenvalue weighted by Gasteiger charge is -1.85. The minimum Gasteiger partial charge on any atom is -0.142 e. The van der Waals surface area contributed by atoms with Gasteiger partial charge < -0.3 is 0 Å². The molecule has 0 fully saturated rings. The molecule has 0 amide bonds. The molecule has 1 heterocycles. The third-order valence-corrected chi connectivity index (χ3v) is 1.20. The summed E-state index contributed by atoms with van der Waals surface area (Å²) in [4.78, 5) is 0. The Morgan fingerprint density at radius 2 is 2.22 bits per heavy atom. The van der Waals surface area contributed by atoms with Gasteiger partial charge in [0.15, 0.2) is 0 Å². The molecule has 0 atom stereocenters. The maximum atomic E-state index is 5.03. The van der Waals surface area contributed by atoms with Crippen molar-refractivity contribution in [1.29, 1.82) is 0 Å². The second-order valence-electron chi connectivity index (χ2n) is 1.39. The van der Waals surface area contributed by atoms with Crippen LogP contribution < -0.4 is 0 Å². The Morgan fingerprint density at radius 3 is 2.67 bits per heavy atom. The molecule has 1 aromatic rings. The highest BCUT2D eigenvalue weighted by Crippen LogP contribution is 2.01. The topological polar surface area (TPSA) is 25.8 Å². The van der Waals surface area contributed by atoms with Crippen molar-refractivity contribution in [2.75, 3.05) is 0 Å². The van der Waals surface area contributed by atoms with Crippen LogP contribution in [0, 0.1) is 12.3 Å². The van der Waals surface area contributed by atoms with Crippen molar-refractivity contribution in [2.24, 2.45) is 0 Å². The summed E-state index contributed by atoms with van der Waals surface area (Å²) in [5, 5.41) is 7.34. The van der Waals surface area contributed by atoms with Gasteiger partial charge in [0.25, 0.3) is 0 Å². The van der Waals surface area contributed by atoms with Gasteiger partial charge in [0.1, 0.15) is 10.3 Å². The maximum absolute atomic E-state index is 5.03. The van der Waals surface area contributed by atoms with E-state index in [1.54, 1.807) is 12.1 Å². The van der Waals surface area contributed by atoms with Crippen LogP contribution in [-0.2, 0) is 0 Å². The molecular formula is C6H3BrN2. The van der Waals surface area contributed by atoms with Crippen molar-refractivity contribution >= 4 is 15.9 Å². The molecule has 0 aromatic carbocycles. The molecule has 0 aliphatic heterocycles. The standard InChI is InChI=1S/C6H3BrN2/c1-2-5-3-4-6(7)9-8-5/h1,3-4H. The smallest absolute Gasteiger partial charge is 0.135 e.